The molecular formula is C20H20O9. The van der Waals surface area contributed by atoms with E-state index in [9.17, 15) is 15.0 Å². The normalized spacial score (nSPS) is 10.7. The summed E-state index contributed by atoms with van der Waals surface area (Å²) in [6, 6.07) is 4.24. The van der Waals surface area contributed by atoms with Gasteiger partial charge in [-0.2, -0.15) is 0 Å². The first-order valence-electron chi connectivity index (χ1n) is 8.35. The second-order valence-corrected chi connectivity index (χ2v) is 5.86. The molecule has 1 aromatic heterocycles. The summed E-state index contributed by atoms with van der Waals surface area (Å²) in [6.07, 6.45) is 0. The van der Waals surface area contributed by atoms with Crippen molar-refractivity contribution in [2.24, 2.45) is 0 Å². The zero-order valence-corrected chi connectivity index (χ0v) is 16.5. The van der Waals surface area contributed by atoms with Gasteiger partial charge >= 0.3 is 0 Å². The van der Waals surface area contributed by atoms with Crippen LogP contribution in [0.1, 0.15) is 0 Å². The van der Waals surface area contributed by atoms with E-state index < -0.39 is 5.43 Å². The fourth-order valence-corrected chi connectivity index (χ4v) is 3.08. The van der Waals surface area contributed by atoms with Crippen LogP contribution in [-0.4, -0.2) is 45.8 Å². The maximum atomic E-state index is 13.1. The van der Waals surface area contributed by atoms with E-state index in [4.69, 9.17) is 28.1 Å². The van der Waals surface area contributed by atoms with Gasteiger partial charge in [0.2, 0.25) is 22.7 Å². The lowest BCUT2D eigenvalue weighted by atomic mass is 10.1. The third kappa shape index (κ3) is 3.10. The van der Waals surface area contributed by atoms with Crippen LogP contribution in [0.15, 0.2) is 27.4 Å². The summed E-state index contributed by atoms with van der Waals surface area (Å²) in [5, 5.41) is 20.5. The Kier molecular flexibility index (Phi) is 5.31. The van der Waals surface area contributed by atoms with Gasteiger partial charge in [-0.3, -0.25) is 4.79 Å². The molecule has 3 rings (SSSR count). The molecule has 0 amide bonds. The van der Waals surface area contributed by atoms with Gasteiger partial charge in [0.25, 0.3) is 0 Å². The van der Waals surface area contributed by atoms with Crippen LogP contribution >= 0.6 is 0 Å². The largest absolute Gasteiger partial charge is 0.504 e. The summed E-state index contributed by atoms with van der Waals surface area (Å²) >= 11 is 0. The van der Waals surface area contributed by atoms with E-state index in [0.29, 0.717) is 5.56 Å². The lowest BCUT2D eigenvalue weighted by Gasteiger charge is -2.15. The van der Waals surface area contributed by atoms with Gasteiger partial charge in [-0.1, -0.05) is 0 Å². The Hall–Kier alpha value is -3.75. The van der Waals surface area contributed by atoms with Crippen molar-refractivity contribution in [3.63, 3.8) is 0 Å². The summed E-state index contributed by atoms with van der Waals surface area (Å²) in [5.74, 6) is -0.347. The van der Waals surface area contributed by atoms with Crippen LogP contribution in [0.5, 0.6) is 40.2 Å². The number of ether oxygens (including phenoxy) is 5. The summed E-state index contributed by atoms with van der Waals surface area (Å²) in [5.41, 5.74) is -0.179. The Morgan fingerprint density at radius 3 is 1.93 bits per heavy atom. The van der Waals surface area contributed by atoms with Gasteiger partial charge in [-0.25, -0.2) is 0 Å². The Morgan fingerprint density at radius 1 is 0.759 bits per heavy atom. The summed E-state index contributed by atoms with van der Waals surface area (Å²) in [4.78, 5) is 13.1. The minimum Gasteiger partial charge on any atom is -0.504 e. The Morgan fingerprint density at radius 2 is 1.38 bits per heavy atom. The van der Waals surface area contributed by atoms with Crippen molar-refractivity contribution in [2.75, 3.05) is 35.5 Å². The molecule has 0 radical (unpaired) electrons. The van der Waals surface area contributed by atoms with Crippen molar-refractivity contribution in [1.29, 1.82) is 0 Å². The molecule has 0 spiro atoms. The molecule has 0 saturated carbocycles. The van der Waals surface area contributed by atoms with E-state index in [-0.39, 0.29) is 57.0 Å². The number of methoxy groups -OCH3 is 5. The molecule has 9 nitrogen and oxygen atoms in total. The number of rotatable bonds is 6. The number of fused-ring (bicyclic) bond motifs is 1. The lowest BCUT2D eigenvalue weighted by molar-refractivity contribution is 0.333. The predicted molar refractivity (Wildman–Crippen MR) is 104 cm³/mol. The maximum absolute atomic E-state index is 13.1. The maximum Gasteiger partial charge on any atom is 0.239 e. The average Bonchev–Trinajstić information content (AvgIpc) is 2.72. The van der Waals surface area contributed by atoms with Gasteiger partial charge in [0.1, 0.15) is 11.0 Å². The van der Waals surface area contributed by atoms with Crippen molar-refractivity contribution < 1.29 is 38.3 Å². The smallest absolute Gasteiger partial charge is 0.239 e. The molecule has 2 aromatic carbocycles. The minimum atomic E-state index is -0.576. The highest BCUT2D eigenvalue weighted by Crippen LogP contribution is 2.46. The molecule has 0 atom stereocenters. The molecule has 0 aliphatic carbocycles. The van der Waals surface area contributed by atoms with Crippen molar-refractivity contribution in [1.82, 2.24) is 0 Å². The lowest BCUT2D eigenvalue weighted by Crippen LogP contribution is -2.09. The molecular weight excluding hydrogens is 384 g/mol. The van der Waals surface area contributed by atoms with Crippen molar-refractivity contribution in [3.8, 4) is 51.6 Å². The highest BCUT2D eigenvalue weighted by atomic mass is 16.5. The monoisotopic (exact) mass is 404 g/mol. The highest BCUT2D eigenvalue weighted by molar-refractivity contribution is 5.91. The Labute approximate surface area is 165 Å². The van der Waals surface area contributed by atoms with Crippen molar-refractivity contribution in [2.45, 2.75) is 0 Å². The molecule has 0 aliphatic rings. The highest BCUT2D eigenvalue weighted by Gasteiger charge is 2.25. The molecule has 9 heteroatoms. The fraction of sp³-hybridized carbons (Fsp3) is 0.250. The van der Waals surface area contributed by atoms with Crippen LogP contribution in [-0.2, 0) is 0 Å². The van der Waals surface area contributed by atoms with Gasteiger partial charge in [-0.15, -0.1) is 0 Å². The van der Waals surface area contributed by atoms with Crippen molar-refractivity contribution >= 4 is 11.0 Å². The minimum absolute atomic E-state index is 0.0175. The van der Waals surface area contributed by atoms with E-state index in [0.717, 1.165) is 0 Å². The van der Waals surface area contributed by atoms with Crippen LogP contribution in [0.4, 0.5) is 0 Å². The van der Waals surface area contributed by atoms with E-state index in [1.54, 1.807) is 0 Å². The first-order valence-corrected chi connectivity index (χ1v) is 8.35. The SMILES string of the molecule is COc1cc2oc(-c3cc(O)c(OC)c(OC)c3)c(OC)c(=O)c2c(OC)c1O. The molecule has 0 fully saturated rings. The topological polar surface area (TPSA) is 117 Å². The zero-order valence-electron chi connectivity index (χ0n) is 16.5. The second-order valence-electron chi connectivity index (χ2n) is 5.86. The standard InChI is InChI=1S/C20H20O9/c1-24-12-8-11-14(19(27-4)15(12)22)16(23)20(28-5)17(29-11)9-6-10(21)18(26-3)13(7-9)25-2/h6-8,21-22H,1-5H3. The van der Waals surface area contributed by atoms with Crippen molar-refractivity contribution in [3.05, 3.63) is 28.4 Å². The fourth-order valence-electron chi connectivity index (χ4n) is 3.08. The van der Waals surface area contributed by atoms with E-state index in [1.807, 2.05) is 0 Å². The van der Waals surface area contributed by atoms with Gasteiger partial charge in [0.05, 0.1) is 35.5 Å². The Bertz CT molecular complexity index is 1130. The van der Waals surface area contributed by atoms with E-state index in [2.05, 4.69) is 0 Å². The van der Waals surface area contributed by atoms with Crippen LogP contribution < -0.4 is 29.1 Å². The van der Waals surface area contributed by atoms with Gasteiger partial charge in [0, 0.05) is 11.6 Å². The summed E-state index contributed by atoms with van der Waals surface area (Å²) < 4.78 is 31.9. The van der Waals surface area contributed by atoms with E-state index >= 15 is 0 Å². The molecule has 0 saturated heterocycles. The molecule has 0 bridgehead atoms. The van der Waals surface area contributed by atoms with Crippen LogP contribution in [0.3, 0.4) is 0 Å². The van der Waals surface area contributed by atoms with Crippen LogP contribution in [0.2, 0.25) is 0 Å². The van der Waals surface area contributed by atoms with Crippen LogP contribution in [0.25, 0.3) is 22.3 Å². The van der Waals surface area contributed by atoms with Gasteiger partial charge in [0.15, 0.2) is 28.8 Å². The van der Waals surface area contributed by atoms with E-state index in [1.165, 1.54) is 53.7 Å². The van der Waals surface area contributed by atoms with Gasteiger partial charge in [-0.05, 0) is 12.1 Å². The third-order valence-corrected chi connectivity index (χ3v) is 4.39. The first-order chi connectivity index (χ1) is 13.9. The molecule has 29 heavy (non-hydrogen) atoms. The average molecular weight is 404 g/mol. The summed E-state index contributed by atoms with van der Waals surface area (Å²) in [7, 11) is 6.76. The molecule has 154 valence electrons. The predicted octanol–water partition coefficient (Wildman–Crippen LogP) is 2.91. The quantitative estimate of drug-likeness (QED) is 0.639. The second kappa shape index (κ2) is 7.70. The number of hydrogen-bond acceptors (Lipinski definition) is 9. The number of hydrogen-bond donors (Lipinski definition) is 2. The number of benzene rings is 2. The molecule has 2 N–H and O–H groups in total. The Balaban J connectivity index is 2.42. The molecule has 0 unspecified atom stereocenters. The number of phenols is 2. The molecule has 3 aromatic rings. The number of aromatic hydroxyl groups is 2. The molecule has 0 aliphatic heterocycles. The summed E-state index contributed by atoms with van der Waals surface area (Å²) in [6.45, 7) is 0. The zero-order chi connectivity index (χ0) is 21.3. The number of phenolic OH excluding ortho intramolecular Hbond substituents is 2. The third-order valence-electron chi connectivity index (χ3n) is 4.39. The molecule has 1 heterocycles. The first kappa shape index (κ1) is 20.0. The van der Waals surface area contributed by atoms with Crippen LogP contribution in [0, 0.1) is 0 Å². The van der Waals surface area contributed by atoms with Gasteiger partial charge < -0.3 is 38.3 Å².